The Hall–Kier alpha value is 0.782. The van der Waals surface area contributed by atoms with Gasteiger partial charge in [-0.05, 0) is 0 Å². The van der Waals surface area contributed by atoms with Crippen molar-refractivity contribution in [3.63, 3.8) is 0 Å². The van der Waals surface area contributed by atoms with Crippen LogP contribution in [-0.4, -0.2) is 32.1 Å². The van der Waals surface area contributed by atoms with Crippen LogP contribution in [0.15, 0.2) is 0 Å². The maximum atomic E-state index is 8.54. The normalized spacial score (nSPS) is 7.00. The van der Waals surface area contributed by atoms with Crippen molar-refractivity contribution in [2.24, 2.45) is 0 Å². The van der Waals surface area contributed by atoms with E-state index in [-0.39, 0.29) is 17.6 Å². The molecular weight excluding hydrogens is 200 g/mol. The molecule has 0 amide bonds. The van der Waals surface area contributed by atoms with E-state index in [9.17, 15) is 0 Å². The fourth-order valence-electron chi connectivity index (χ4n) is 0. The van der Waals surface area contributed by atoms with Gasteiger partial charge in [-0.1, -0.05) is 0 Å². The first-order chi connectivity index (χ1) is 1.73. The van der Waals surface area contributed by atoms with E-state index in [4.69, 9.17) is 12.2 Å². The third-order valence-corrected chi connectivity index (χ3v) is 0. The van der Waals surface area contributed by atoms with Crippen LogP contribution in [0.5, 0.6) is 0 Å². The van der Waals surface area contributed by atoms with Crippen LogP contribution in [0, 0.1) is 0 Å². The Morgan fingerprint density at radius 2 is 1.40 bits per heavy atom. The molecule has 5 heavy (non-hydrogen) atoms. The summed E-state index contributed by atoms with van der Waals surface area (Å²) >= 11 is -3.79. The number of rotatable bonds is 0. The van der Waals surface area contributed by atoms with Gasteiger partial charge in [-0.25, -0.2) is 0 Å². The van der Waals surface area contributed by atoms with E-state index in [1.807, 2.05) is 0 Å². The fraction of sp³-hybridized carbons (Fsp3) is 0. The summed E-state index contributed by atoms with van der Waals surface area (Å²) in [6.45, 7) is 0. The van der Waals surface area contributed by atoms with Crippen LogP contribution in [0.25, 0.3) is 0 Å². The van der Waals surface area contributed by atoms with Gasteiger partial charge in [-0.15, -0.1) is 0 Å². The van der Waals surface area contributed by atoms with E-state index >= 15 is 0 Å². The molecule has 0 aromatic rings. The standard InChI is InChI=1S/GeH2.H2O3Se/c;1-4(2)3/h1H2;(H2,1,2,3)/q+2;/p-2. The Morgan fingerprint density at radius 1 is 1.40 bits per heavy atom. The van der Waals surface area contributed by atoms with Gasteiger partial charge < -0.3 is 0 Å². The first kappa shape index (κ1) is 9.24. The second kappa shape index (κ2) is 4.78. The molecule has 0 unspecified atom stereocenters. The average molecular weight is 202 g/mol. The summed E-state index contributed by atoms with van der Waals surface area (Å²) in [5, 5.41) is 0. The summed E-state index contributed by atoms with van der Waals surface area (Å²) in [4.78, 5) is 0. The van der Waals surface area contributed by atoms with Crippen molar-refractivity contribution in [3.8, 4) is 0 Å². The first-order valence-electron chi connectivity index (χ1n) is 0.500. The Labute approximate surface area is 44.7 Å². The van der Waals surface area contributed by atoms with Crippen LogP contribution in [0.1, 0.15) is 0 Å². The van der Waals surface area contributed by atoms with Crippen molar-refractivity contribution in [3.05, 3.63) is 0 Å². The van der Waals surface area contributed by atoms with Gasteiger partial charge in [0.1, 0.15) is 0 Å². The first-order valence-corrected chi connectivity index (χ1v) is 2.60. The van der Waals surface area contributed by atoms with Gasteiger partial charge in [-0.2, -0.15) is 0 Å². The summed E-state index contributed by atoms with van der Waals surface area (Å²) in [7, 11) is 0. The summed E-state index contributed by atoms with van der Waals surface area (Å²) in [5.74, 6) is 0. The third kappa shape index (κ3) is 60.5. The van der Waals surface area contributed by atoms with Crippen LogP contribution in [-0.2, 0) is 3.83 Å². The molecule has 0 saturated heterocycles. The zero-order chi connectivity index (χ0) is 3.58. The van der Waals surface area contributed by atoms with Gasteiger partial charge >= 0.3 is 44.3 Å². The van der Waals surface area contributed by atoms with Crippen LogP contribution < -0.4 is 8.38 Å². The van der Waals surface area contributed by atoms with E-state index in [0.29, 0.717) is 0 Å². The van der Waals surface area contributed by atoms with Crippen molar-refractivity contribution in [1.82, 2.24) is 0 Å². The van der Waals surface area contributed by atoms with Gasteiger partial charge in [0, 0.05) is 0 Å². The van der Waals surface area contributed by atoms with Crippen LogP contribution >= 0.6 is 0 Å². The summed E-state index contributed by atoms with van der Waals surface area (Å²) < 4.78 is 25.6. The molecule has 0 heterocycles. The number of hydrogen-bond donors (Lipinski definition) is 0. The van der Waals surface area contributed by atoms with Gasteiger partial charge in [-0.3, -0.25) is 0 Å². The van der Waals surface area contributed by atoms with Crippen molar-refractivity contribution >= 4 is 32.1 Å². The molecule has 30 valence electrons. The molecule has 0 N–H and O–H groups in total. The monoisotopic (exact) mass is 204 g/mol. The molecule has 0 aliphatic heterocycles. The third-order valence-electron chi connectivity index (χ3n) is 0. The summed E-state index contributed by atoms with van der Waals surface area (Å²) in [6, 6.07) is 0. The fourth-order valence-corrected chi connectivity index (χ4v) is 0. The van der Waals surface area contributed by atoms with E-state index in [1.54, 1.807) is 0 Å². The molecule has 0 aromatic heterocycles. The Balaban J connectivity index is 0. The molecule has 0 aromatic carbocycles. The second-order valence-electron chi connectivity index (χ2n) is 0.204. The van der Waals surface area contributed by atoms with Crippen molar-refractivity contribution in [1.29, 1.82) is 0 Å². The Bertz CT molecular complexity index is 29.9. The molecule has 0 spiro atoms. The summed E-state index contributed by atoms with van der Waals surface area (Å²) in [6.07, 6.45) is 0. The van der Waals surface area contributed by atoms with Crippen LogP contribution in [0.2, 0.25) is 0 Å². The van der Waals surface area contributed by atoms with Crippen LogP contribution in [0.4, 0.5) is 0 Å². The maximum absolute atomic E-state index is 8.54. The molecular formula is H2GeO3Se. The minimum absolute atomic E-state index is 0. The van der Waals surface area contributed by atoms with Crippen LogP contribution in [0.3, 0.4) is 0 Å². The predicted molar refractivity (Wildman–Crippen MR) is 15.0 cm³/mol. The molecule has 5 heteroatoms. The Kier molecular flexibility index (Phi) is 8.84. The minimum atomic E-state index is -3.79. The van der Waals surface area contributed by atoms with Crippen molar-refractivity contribution in [2.45, 2.75) is 0 Å². The zero-order valence-corrected chi connectivity index (χ0v) is 7.02. The van der Waals surface area contributed by atoms with E-state index in [1.165, 1.54) is 0 Å². The molecule has 0 aliphatic carbocycles. The van der Waals surface area contributed by atoms with E-state index < -0.39 is 14.5 Å². The molecule has 0 fully saturated rings. The van der Waals surface area contributed by atoms with Gasteiger partial charge in [0.2, 0.25) is 0 Å². The molecule has 0 aliphatic rings. The topological polar surface area (TPSA) is 63.2 Å². The molecule has 0 bridgehead atoms. The molecule has 3 nitrogen and oxygen atoms in total. The quantitative estimate of drug-likeness (QED) is 0.378. The molecule has 0 atom stereocenters. The van der Waals surface area contributed by atoms with Gasteiger partial charge in [0.05, 0.1) is 0 Å². The number of hydrogen-bond acceptors (Lipinski definition) is 3. The zero-order valence-electron chi connectivity index (χ0n) is 2.34. The Morgan fingerprint density at radius 3 is 1.40 bits per heavy atom. The van der Waals surface area contributed by atoms with E-state index in [0.717, 1.165) is 0 Å². The molecule has 0 saturated carbocycles. The van der Waals surface area contributed by atoms with E-state index in [2.05, 4.69) is 0 Å². The van der Waals surface area contributed by atoms with Crippen molar-refractivity contribution < 1.29 is 12.2 Å². The van der Waals surface area contributed by atoms with Gasteiger partial charge in [0.25, 0.3) is 0 Å². The molecule has 0 radical (unpaired) electrons. The predicted octanol–water partition coefficient (Wildman–Crippen LogP) is -3.79. The van der Waals surface area contributed by atoms with Crippen molar-refractivity contribution in [2.75, 3.05) is 0 Å². The van der Waals surface area contributed by atoms with Gasteiger partial charge in [0.15, 0.2) is 0 Å². The average Bonchev–Trinajstić information content (AvgIpc) is 0.811. The second-order valence-corrected chi connectivity index (χ2v) is 1.06. The SMILES string of the molecule is O=[Se]([O-])[O-].[GeH2+2]. The summed E-state index contributed by atoms with van der Waals surface area (Å²) in [5.41, 5.74) is 0. The molecule has 0 rings (SSSR count).